The molecule has 0 atom stereocenters. The number of rotatable bonds is 6. The van der Waals surface area contributed by atoms with Crippen LogP contribution in [0.5, 0.6) is 0 Å². The summed E-state index contributed by atoms with van der Waals surface area (Å²) in [5.41, 5.74) is 2.58. The normalized spacial score (nSPS) is 10.6. The van der Waals surface area contributed by atoms with E-state index in [4.69, 9.17) is 5.11 Å². The van der Waals surface area contributed by atoms with Crippen LogP contribution in [0.3, 0.4) is 0 Å². The van der Waals surface area contributed by atoms with E-state index in [1.807, 2.05) is 6.07 Å². The minimum Gasteiger partial charge on any atom is -0.477 e. The van der Waals surface area contributed by atoms with Gasteiger partial charge in [0.05, 0.1) is 0 Å². The zero-order valence-electron chi connectivity index (χ0n) is 10.8. The van der Waals surface area contributed by atoms with Gasteiger partial charge in [0.1, 0.15) is 4.88 Å². The van der Waals surface area contributed by atoms with Crippen molar-refractivity contribution in [2.75, 3.05) is 0 Å². The average Bonchev–Trinajstić information content (AvgIpc) is 2.89. The van der Waals surface area contributed by atoms with Gasteiger partial charge in [-0.15, -0.1) is 11.3 Å². The molecule has 0 saturated carbocycles. The predicted molar refractivity (Wildman–Crippen MR) is 77.6 cm³/mol. The molecule has 2 N–H and O–H groups in total. The van der Waals surface area contributed by atoms with Crippen molar-refractivity contribution < 1.29 is 9.90 Å². The van der Waals surface area contributed by atoms with Crippen LogP contribution in [0.15, 0.2) is 36.4 Å². The van der Waals surface area contributed by atoms with Crippen molar-refractivity contribution in [3.05, 3.63) is 57.3 Å². The molecule has 0 amide bonds. The van der Waals surface area contributed by atoms with Gasteiger partial charge in [-0.2, -0.15) is 0 Å². The number of aromatic carboxylic acids is 1. The molecule has 1 aromatic carbocycles. The van der Waals surface area contributed by atoms with Crippen LogP contribution in [0.25, 0.3) is 0 Å². The Kier molecular flexibility index (Phi) is 4.71. The summed E-state index contributed by atoms with van der Waals surface area (Å²) >= 11 is 1.32. The third kappa shape index (κ3) is 3.91. The van der Waals surface area contributed by atoms with E-state index in [2.05, 4.69) is 36.5 Å². The van der Waals surface area contributed by atoms with Crippen LogP contribution in [0.2, 0.25) is 0 Å². The van der Waals surface area contributed by atoms with Crippen LogP contribution < -0.4 is 5.32 Å². The summed E-state index contributed by atoms with van der Waals surface area (Å²) in [7, 11) is 0. The molecule has 19 heavy (non-hydrogen) atoms. The Morgan fingerprint density at radius 2 is 1.79 bits per heavy atom. The Bertz CT molecular complexity index is 546. The number of hydrogen-bond donors (Lipinski definition) is 2. The molecular weight excluding hydrogens is 258 g/mol. The Morgan fingerprint density at radius 1 is 1.11 bits per heavy atom. The van der Waals surface area contributed by atoms with E-state index in [9.17, 15) is 4.79 Å². The lowest BCUT2D eigenvalue weighted by Gasteiger charge is -2.04. The second-order valence-corrected chi connectivity index (χ2v) is 5.51. The Morgan fingerprint density at radius 3 is 2.37 bits per heavy atom. The molecule has 1 aromatic heterocycles. The molecule has 0 aliphatic carbocycles. The molecule has 1 heterocycles. The number of nitrogens with one attached hydrogen (secondary N) is 1. The highest BCUT2D eigenvalue weighted by atomic mass is 32.1. The fourth-order valence-corrected chi connectivity index (χ4v) is 2.63. The van der Waals surface area contributed by atoms with Gasteiger partial charge in [0, 0.05) is 18.0 Å². The molecule has 0 fully saturated rings. The van der Waals surface area contributed by atoms with Crippen LogP contribution >= 0.6 is 11.3 Å². The lowest BCUT2D eigenvalue weighted by molar-refractivity contribution is 0.0702. The summed E-state index contributed by atoms with van der Waals surface area (Å²) in [6.07, 6.45) is 1.06. The van der Waals surface area contributed by atoms with Crippen molar-refractivity contribution in [3.8, 4) is 0 Å². The van der Waals surface area contributed by atoms with Gasteiger partial charge in [-0.25, -0.2) is 4.79 Å². The highest BCUT2D eigenvalue weighted by molar-refractivity contribution is 7.13. The summed E-state index contributed by atoms with van der Waals surface area (Å²) in [5.74, 6) is -0.855. The van der Waals surface area contributed by atoms with Gasteiger partial charge in [0.2, 0.25) is 0 Å². The summed E-state index contributed by atoms with van der Waals surface area (Å²) in [4.78, 5) is 12.2. The Balaban J connectivity index is 1.83. The van der Waals surface area contributed by atoms with Gasteiger partial charge >= 0.3 is 5.97 Å². The molecule has 0 saturated heterocycles. The first-order valence-corrected chi connectivity index (χ1v) is 7.11. The van der Waals surface area contributed by atoms with Gasteiger partial charge in [-0.05, 0) is 29.7 Å². The van der Waals surface area contributed by atoms with Crippen LogP contribution in [0.4, 0.5) is 0 Å². The molecular formula is C15H17NO2S. The van der Waals surface area contributed by atoms with Gasteiger partial charge in [-0.1, -0.05) is 31.2 Å². The minimum absolute atomic E-state index is 0.393. The summed E-state index contributed by atoms with van der Waals surface area (Å²) in [6.45, 7) is 3.64. The molecule has 2 rings (SSSR count). The van der Waals surface area contributed by atoms with E-state index in [-0.39, 0.29) is 0 Å². The highest BCUT2D eigenvalue weighted by Crippen LogP contribution is 2.16. The SMILES string of the molecule is CCc1ccc(CNCc2ccc(C(=O)O)s2)cc1. The lowest BCUT2D eigenvalue weighted by atomic mass is 10.1. The Hall–Kier alpha value is -1.65. The molecule has 100 valence electrons. The smallest absolute Gasteiger partial charge is 0.345 e. The number of hydrogen-bond acceptors (Lipinski definition) is 3. The third-order valence-electron chi connectivity index (χ3n) is 2.93. The molecule has 2 aromatic rings. The van der Waals surface area contributed by atoms with Crippen LogP contribution in [0, 0.1) is 0 Å². The fraction of sp³-hybridized carbons (Fsp3) is 0.267. The maximum Gasteiger partial charge on any atom is 0.345 e. The molecule has 0 aliphatic rings. The first-order valence-electron chi connectivity index (χ1n) is 6.29. The maximum atomic E-state index is 10.8. The van der Waals surface area contributed by atoms with Crippen molar-refractivity contribution in [2.24, 2.45) is 0 Å². The first-order chi connectivity index (χ1) is 9.19. The monoisotopic (exact) mass is 275 g/mol. The summed E-state index contributed by atoms with van der Waals surface area (Å²) in [5, 5.41) is 12.2. The van der Waals surface area contributed by atoms with E-state index >= 15 is 0 Å². The topological polar surface area (TPSA) is 49.3 Å². The van der Waals surface area contributed by atoms with Crippen molar-refractivity contribution in [1.82, 2.24) is 5.32 Å². The molecule has 0 aliphatic heterocycles. The van der Waals surface area contributed by atoms with E-state index in [1.165, 1.54) is 22.5 Å². The van der Waals surface area contributed by atoms with Crippen molar-refractivity contribution in [2.45, 2.75) is 26.4 Å². The van der Waals surface area contributed by atoms with Crippen molar-refractivity contribution in [3.63, 3.8) is 0 Å². The second kappa shape index (κ2) is 6.50. The van der Waals surface area contributed by atoms with Crippen LogP contribution in [0.1, 0.15) is 32.6 Å². The van der Waals surface area contributed by atoms with Crippen molar-refractivity contribution >= 4 is 17.3 Å². The highest BCUT2D eigenvalue weighted by Gasteiger charge is 2.06. The number of carboxylic acids is 1. The number of carboxylic acid groups (broad SMARTS) is 1. The molecule has 0 radical (unpaired) electrons. The molecule has 0 spiro atoms. The minimum atomic E-state index is -0.855. The molecule has 0 unspecified atom stereocenters. The third-order valence-corrected chi connectivity index (χ3v) is 4.01. The molecule has 4 heteroatoms. The standard InChI is InChI=1S/C15H17NO2S/c1-2-11-3-5-12(6-4-11)9-16-10-13-7-8-14(19-13)15(17)18/h3-8,16H,2,9-10H2,1H3,(H,17,18). The second-order valence-electron chi connectivity index (χ2n) is 4.34. The predicted octanol–water partition coefficient (Wildman–Crippen LogP) is 3.30. The quantitative estimate of drug-likeness (QED) is 0.850. The lowest BCUT2D eigenvalue weighted by Crippen LogP contribution is -2.11. The number of carbonyl (C=O) groups is 1. The Labute approximate surface area is 116 Å². The van der Waals surface area contributed by atoms with E-state index in [0.717, 1.165) is 17.8 Å². The van der Waals surface area contributed by atoms with Crippen LogP contribution in [-0.4, -0.2) is 11.1 Å². The zero-order valence-corrected chi connectivity index (χ0v) is 11.7. The van der Waals surface area contributed by atoms with E-state index < -0.39 is 5.97 Å². The van der Waals surface area contributed by atoms with Gasteiger partial charge < -0.3 is 10.4 Å². The van der Waals surface area contributed by atoms with Gasteiger partial charge in [-0.3, -0.25) is 0 Å². The fourth-order valence-electron chi connectivity index (χ4n) is 1.81. The first kappa shape index (κ1) is 13.8. The van der Waals surface area contributed by atoms with Gasteiger partial charge in [0.25, 0.3) is 0 Å². The van der Waals surface area contributed by atoms with Crippen LogP contribution in [-0.2, 0) is 19.5 Å². The van der Waals surface area contributed by atoms with E-state index in [0.29, 0.717) is 11.4 Å². The number of benzene rings is 1. The number of aryl methyl sites for hydroxylation is 1. The number of thiophene rings is 1. The van der Waals surface area contributed by atoms with E-state index in [1.54, 1.807) is 6.07 Å². The average molecular weight is 275 g/mol. The molecule has 3 nitrogen and oxygen atoms in total. The summed E-state index contributed by atoms with van der Waals surface area (Å²) < 4.78 is 0. The van der Waals surface area contributed by atoms with Gasteiger partial charge in [0.15, 0.2) is 0 Å². The largest absolute Gasteiger partial charge is 0.477 e. The summed E-state index contributed by atoms with van der Waals surface area (Å²) in [6, 6.07) is 12.1. The molecule has 0 bridgehead atoms. The maximum absolute atomic E-state index is 10.8. The van der Waals surface area contributed by atoms with Crippen molar-refractivity contribution in [1.29, 1.82) is 0 Å². The zero-order chi connectivity index (χ0) is 13.7.